The molecule has 1 heterocycles. The monoisotopic (exact) mass is 400 g/mol. The van der Waals surface area contributed by atoms with Crippen molar-refractivity contribution in [3.05, 3.63) is 107 Å². The minimum Gasteiger partial charge on any atom is -0.326 e. The molecule has 0 spiro atoms. The van der Waals surface area contributed by atoms with Gasteiger partial charge < -0.3 is 5.73 Å². The number of hydroxylamine groups is 2. The summed E-state index contributed by atoms with van der Waals surface area (Å²) in [5.74, 6) is 0. The maximum absolute atomic E-state index is 6.93. The van der Waals surface area contributed by atoms with Gasteiger partial charge in [0.1, 0.15) is 5.60 Å². The predicted octanol–water partition coefficient (Wildman–Crippen LogP) is 5.44. The van der Waals surface area contributed by atoms with Crippen molar-refractivity contribution in [2.75, 3.05) is 13.1 Å². The summed E-state index contributed by atoms with van der Waals surface area (Å²) in [6.45, 7) is 2.57. The maximum Gasteiger partial charge on any atom is 0.140 e. The highest BCUT2D eigenvalue weighted by molar-refractivity contribution is 5.37. The highest BCUT2D eigenvalue weighted by atomic mass is 16.7. The third-order valence-corrected chi connectivity index (χ3v) is 6.10. The lowest BCUT2D eigenvalue weighted by Gasteiger charge is -2.40. The number of nitrogens with two attached hydrogens (primary N) is 1. The smallest absolute Gasteiger partial charge is 0.140 e. The molecule has 3 aromatic rings. The highest BCUT2D eigenvalue weighted by Crippen LogP contribution is 2.39. The van der Waals surface area contributed by atoms with Gasteiger partial charge in [-0.3, -0.25) is 4.84 Å². The first-order chi connectivity index (χ1) is 14.8. The molecule has 3 heteroatoms. The van der Waals surface area contributed by atoms with Crippen LogP contribution >= 0.6 is 0 Å². The van der Waals surface area contributed by atoms with E-state index in [1.54, 1.807) is 0 Å². The second-order valence-corrected chi connectivity index (χ2v) is 8.16. The van der Waals surface area contributed by atoms with Gasteiger partial charge in [0.05, 0.1) is 0 Å². The summed E-state index contributed by atoms with van der Waals surface area (Å²) in [5, 5.41) is 2.20. The van der Waals surface area contributed by atoms with Gasteiger partial charge in [0, 0.05) is 19.6 Å². The summed E-state index contributed by atoms with van der Waals surface area (Å²) in [6.07, 6.45) is 5.49. The van der Waals surface area contributed by atoms with E-state index >= 15 is 0 Å². The average molecular weight is 401 g/mol. The van der Waals surface area contributed by atoms with Crippen LogP contribution in [0.1, 0.15) is 47.9 Å². The fourth-order valence-electron chi connectivity index (χ4n) is 4.36. The molecule has 3 nitrogen and oxygen atoms in total. The summed E-state index contributed by atoms with van der Waals surface area (Å²) in [4.78, 5) is 6.93. The predicted molar refractivity (Wildman–Crippen MR) is 123 cm³/mol. The van der Waals surface area contributed by atoms with Crippen molar-refractivity contribution >= 4 is 0 Å². The molecule has 1 fully saturated rings. The lowest BCUT2D eigenvalue weighted by molar-refractivity contribution is -0.246. The fourth-order valence-corrected chi connectivity index (χ4v) is 4.36. The quantitative estimate of drug-likeness (QED) is 0.547. The molecule has 0 saturated carbocycles. The van der Waals surface area contributed by atoms with E-state index in [9.17, 15) is 0 Å². The second kappa shape index (κ2) is 10.0. The number of piperidine rings is 1. The van der Waals surface area contributed by atoms with Crippen molar-refractivity contribution in [3.8, 4) is 0 Å². The summed E-state index contributed by atoms with van der Waals surface area (Å²) in [7, 11) is 0. The molecule has 4 rings (SSSR count). The maximum atomic E-state index is 6.93. The van der Waals surface area contributed by atoms with Gasteiger partial charge >= 0.3 is 0 Å². The van der Waals surface area contributed by atoms with E-state index < -0.39 is 5.60 Å². The van der Waals surface area contributed by atoms with Crippen molar-refractivity contribution in [2.45, 2.75) is 44.2 Å². The van der Waals surface area contributed by atoms with E-state index in [2.05, 4.69) is 90.0 Å². The largest absolute Gasteiger partial charge is 0.326 e. The van der Waals surface area contributed by atoms with Gasteiger partial charge in [0.15, 0.2) is 0 Å². The van der Waals surface area contributed by atoms with Crippen LogP contribution in [0.3, 0.4) is 0 Å². The molecule has 0 bridgehead atoms. The fraction of sp³-hybridized carbons (Fsp3) is 0.333. The number of nitrogens with zero attached hydrogens (tertiary/aromatic N) is 1. The van der Waals surface area contributed by atoms with Crippen molar-refractivity contribution in [1.82, 2.24) is 5.06 Å². The molecule has 0 aliphatic carbocycles. The molecule has 0 aromatic heterocycles. The molecular formula is C27H32N2O. The Hall–Kier alpha value is -2.46. The molecule has 0 radical (unpaired) electrons. The Kier molecular flexibility index (Phi) is 6.96. The van der Waals surface area contributed by atoms with E-state index in [1.165, 1.54) is 41.5 Å². The van der Waals surface area contributed by atoms with Gasteiger partial charge in [-0.1, -0.05) is 91.3 Å². The van der Waals surface area contributed by atoms with E-state index in [0.29, 0.717) is 6.54 Å². The van der Waals surface area contributed by atoms with Crippen molar-refractivity contribution in [3.63, 3.8) is 0 Å². The Morgan fingerprint density at radius 2 is 1.23 bits per heavy atom. The molecule has 0 amide bonds. The molecule has 3 aromatic carbocycles. The topological polar surface area (TPSA) is 38.5 Å². The minimum atomic E-state index is -0.508. The van der Waals surface area contributed by atoms with Crippen LogP contribution in [-0.4, -0.2) is 18.2 Å². The third kappa shape index (κ3) is 4.81. The van der Waals surface area contributed by atoms with Crippen LogP contribution in [0.15, 0.2) is 84.9 Å². The van der Waals surface area contributed by atoms with E-state index in [0.717, 1.165) is 25.9 Å². The van der Waals surface area contributed by atoms with Gasteiger partial charge in [-0.15, -0.1) is 0 Å². The Balaban J connectivity index is 1.70. The van der Waals surface area contributed by atoms with Gasteiger partial charge in [0.25, 0.3) is 0 Å². The summed E-state index contributed by atoms with van der Waals surface area (Å²) in [5.41, 5.74) is 10.2. The van der Waals surface area contributed by atoms with Gasteiger partial charge in [-0.25, -0.2) is 0 Å². The van der Waals surface area contributed by atoms with Crippen molar-refractivity contribution in [1.29, 1.82) is 0 Å². The first kappa shape index (κ1) is 20.8. The zero-order valence-corrected chi connectivity index (χ0v) is 17.7. The number of hydrogen-bond acceptors (Lipinski definition) is 3. The number of rotatable bonds is 8. The van der Waals surface area contributed by atoms with E-state index in [-0.39, 0.29) is 0 Å². The highest BCUT2D eigenvalue weighted by Gasteiger charge is 2.38. The average Bonchev–Trinajstić information content (AvgIpc) is 2.84. The first-order valence-corrected chi connectivity index (χ1v) is 11.1. The Morgan fingerprint density at radius 3 is 1.77 bits per heavy atom. The van der Waals surface area contributed by atoms with Crippen LogP contribution in [0.25, 0.3) is 0 Å². The van der Waals surface area contributed by atoms with Crippen LogP contribution in [0, 0.1) is 0 Å². The zero-order chi connectivity index (χ0) is 20.7. The van der Waals surface area contributed by atoms with Gasteiger partial charge in [-0.2, -0.15) is 5.06 Å². The van der Waals surface area contributed by atoms with Crippen LogP contribution in [0.5, 0.6) is 0 Å². The normalized spacial score (nSPS) is 15.2. The van der Waals surface area contributed by atoms with Crippen molar-refractivity contribution < 1.29 is 4.84 Å². The molecule has 30 heavy (non-hydrogen) atoms. The summed E-state index contributed by atoms with van der Waals surface area (Å²) >= 11 is 0. The van der Waals surface area contributed by atoms with E-state index in [1.807, 2.05) is 0 Å². The number of aryl methyl sites for hydroxylation is 1. The van der Waals surface area contributed by atoms with Gasteiger partial charge in [0.2, 0.25) is 0 Å². The lowest BCUT2D eigenvalue weighted by atomic mass is 9.81. The Bertz CT molecular complexity index is 848. The minimum absolute atomic E-state index is 0.508. The summed E-state index contributed by atoms with van der Waals surface area (Å²) in [6, 6.07) is 30.1. The first-order valence-electron chi connectivity index (χ1n) is 11.1. The van der Waals surface area contributed by atoms with Crippen LogP contribution in [0.2, 0.25) is 0 Å². The molecule has 0 atom stereocenters. The Labute approximate surface area is 180 Å². The van der Waals surface area contributed by atoms with Gasteiger partial charge in [-0.05, 0) is 47.9 Å². The van der Waals surface area contributed by atoms with Crippen LogP contribution in [0.4, 0.5) is 0 Å². The standard InChI is InChI=1S/C27H32N2O/c28-22-24-16-14-23(15-17-24)18-19-27(25-10-4-1-5-11-25,26-12-6-2-7-13-26)30-29-20-8-3-9-21-29/h1-2,4-7,10-17H,3,8-9,18-22,28H2. The van der Waals surface area contributed by atoms with E-state index in [4.69, 9.17) is 10.6 Å². The van der Waals surface area contributed by atoms with Crippen molar-refractivity contribution in [2.24, 2.45) is 5.73 Å². The third-order valence-electron chi connectivity index (χ3n) is 6.10. The molecule has 1 aliphatic heterocycles. The molecule has 0 unspecified atom stereocenters. The molecule has 1 saturated heterocycles. The summed E-state index contributed by atoms with van der Waals surface area (Å²) < 4.78 is 0. The lowest BCUT2D eigenvalue weighted by Crippen LogP contribution is -2.42. The molecular weight excluding hydrogens is 368 g/mol. The zero-order valence-electron chi connectivity index (χ0n) is 17.7. The number of hydrogen-bond donors (Lipinski definition) is 1. The Morgan fingerprint density at radius 1 is 0.700 bits per heavy atom. The molecule has 2 N–H and O–H groups in total. The van der Waals surface area contributed by atoms with Crippen LogP contribution in [-0.2, 0) is 23.4 Å². The van der Waals surface area contributed by atoms with Crippen LogP contribution < -0.4 is 5.73 Å². The molecule has 1 aliphatic rings. The number of benzene rings is 3. The molecule has 156 valence electrons. The second-order valence-electron chi connectivity index (χ2n) is 8.16. The SMILES string of the molecule is NCc1ccc(CCC(ON2CCCCC2)(c2ccccc2)c2ccccc2)cc1.